The first kappa shape index (κ1) is 21.1. The summed E-state index contributed by atoms with van der Waals surface area (Å²) in [6.07, 6.45) is 1.58. The number of benzene rings is 2. The molecule has 0 aromatic heterocycles. The Morgan fingerprint density at radius 3 is 2.34 bits per heavy atom. The summed E-state index contributed by atoms with van der Waals surface area (Å²) in [6.45, 7) is 1.70. The topological polar surface area (TPSA) is 93.7 Å². The number of ether oxygens (including phenoxy) is 2. The van der Waals surface area contributed by atoms with Crippen molar-refractivity contribution in [2.24, 2.45) is 0 Å². The molecule has 0 saturated heterocycles. The zero-order valence-corrected chi connectivity index (χ0v) is 17.2. The lowest BCUT2D eigenvalue weighted by molar-refractivity contribution is 0.0939. The van der Waals surface area contributed by atoms with E-state index in [0.717, 1.165) is 12.8 Å². The molecule has 1 aliphatic rings. The number of hydrogen-bond acceptors (Lipinski definition) is 5. The van der Waals surface area contributed by atoms with Crippen molar-refractivity contribution in [2.75, 3.05) is 14.2 Å². The number of carbonyl (C=O) groups is 1. The highest BCUT2D eigenvalue weighted by Gasteiger charge is 2.30. The van der Waals surface area contributed by atoms with Gasteiger partial charge in [0.25, 0.3) is 5.91 Å². The van der Waals surface area contributed by atoms with Crippen LogP contribution >= 0.6 is 0 Å². The summed E-state index contributed by atoms with van der Waals surface area (Å²) in [7, 11) is -1.07. The van der Waals surface area contributed by atoms with Gasteiger partial charge in [-0.15, -0.1) is 0 Å². The highest BCUT2D eigenvalue weighted by Crippen LogP contribution is 2.29. The average Bonchev–Trinajstić information content (AvgIpc) is 3.50. The average molecular weight is 422 g/mol. The lowest BCUT2D eigenvalue weighted by Crippen LogP contribution is -2.28. The zero-order valence-electron chi connectivity index (χ0n) is 16.4. The highest BCUT2D eigenvalue weighted by molar-refractivity contribution is 7.89. The SMILES string of the molecule is COc1ccc([C@@H](C)NC(=O)c2ccc(OC)c(S(=O)(=O)NC3CC3)c2)cc1F. The number of rotatable bonds is 8. The third kappa shape index (κ3) is 4.86. The normalized spacial score (nSPS) is 14.9. The zero-order chi connectivity index (χ0) is 21.2. The summed E-state index contributed by atoms with van der Waals surface area (Å²) >= 11 is 0. The van der Waals surface area contributed by atoms with Gasteiger partial charge in [-0.2, -0.15) is 0 Å². The molecule has 9 heteroatoms. The van der Waals surface area contributed by atoms with Crippen LogP contribution in [0.2, 0.25) is 0 Å². The summed E-state index contributed by atoms with van der Waals surface area (Å²) < 4.78 is 51.7. The molecule has 2 N–H and O–H groups in total. The highest BCUT2D eigenvalue weighted by atomic mass is 32.2. The maximum Gasteiger partial charge on any atom is 0.251 e. The van der Waals surface area contributed by atoms with Gasteiger partial charge >= 0.3 is 0 Å². The summed E-state index contributed by atoms with van der Waals surface area (Å²) in [5.41, 5.74) is 0.705. The molecule has 0 bridgehead atoms. The standard InChI is InChI=1S/C20H23FN2O5S/c1-12(13-4-8-17(27-2)16(21)10-13)22-20(24)14-5-9-18(28-3)19(11-14)29(25,26)23-15-6-7-15/h4-5,8-12,15,23H,6-7H2,1-3H3,(H,22,24)/t12-/m1/s1. The number of amides is 1. The Morgan fingerprint density at radius 2 is 1.76 bits per heavy atom. The Labute approximate surface area is 169 Å². The predicted molar refractivity (Wildman–Crippen MR) is 105 cm³/mol. The second-order valence-electron chi connectivity index (χ2n) is 6.85. The molecule has 2 aromatic carbocycles. The van der Waals surface area contributed by atoms with Crippen molar-refractivity contribution in [3.63, 3.8) is 0 Å². The Hall–Kier alpha value is -2.65. The first-order valence-corrected chi connectivity index (χ1v) is 10.6. The smallest absolute Gasteiger partial charge is 0.251 e. The summed E-state index contributed by atoms with van der Waals surface area (Å²) in [6, 6.07) is 8.03. The Bertz CT molecular complexity index is 1020. The number of halogens is 1. The molecular weight excluding hydrogens is 399 g/mol. The van der Waals surface area contributed by atoms with Gasteiger partial charge in [0, 0.05) is 11.6 Å². The van der Waals surface area contributed by atoms with Crippen molar-refractivity contribution in [3.05, 3.63) is 53.3 Å². The van der Waals surface area contributed by atoms with Crippen LogP contribution in [0.4, 0.5) is 4.39 Å². The third-order valence-electron chi connectivity index (χ3n) is 4.64. The van der Waals surface area contributed by atoms with E-state index in [2.05, 4.69) is 10.0 Å². The van der Waals surface area contributed by atoms with E-state index in [1.165, 1.54) is 44.6 Å². The lowest BCUT2D eigenvalue weighted by Gasteiger charge is -2.16. The van der Waals surface area contributed by atoms with Crippen LogP contribution in [0, 0.1) is 5.82 Å². The molecule has 1 fully saturated rings. The Balaban J connectivity index is 1.81. The van der Waals surface area contributed by atoms with Crippen LogP contribution in [0.3, 0.4) is 0 Å². The van der Waals surface area contributed by atoms with Crippen molar-refractivity contribution in [1.82, 2.24) is 10.0 Å². The van der Waals surface area contributed by atoms with E-state index < -0.39 is 27.8 Å². The molecule has 1 atom stereocenters. The molecule has 1 amide bonds. The van der Waals surface area contributed by atoms with Gasteiger partial charge in [0.05, 0.1) is 20.3 Å². The van der Waals surface area contributed by atoms with Crippen molar-refractivity contribution < 1.29 is 27.1 Å². The van der Waals surface area contributed by atoms with Crippen molar-refractivity contribution in [1.29, 1.82) is 0 Å². The number of sulfonamides is 1. The molecular formula is C20H23FN2O5S. The van der Waals surface area contributed by atoms with Crippen LogP contribution < -0.4 is 19.5 Å². The summed E-state index contributed by atoms with van der Waals surface area (Å²) in [5, 5.41) is 2.74. The molecule has 0 aliphatic heterocycles. The maximum absolute atomic E-state index is 13.9. The summed E-state index contributed by atoms with van der Waals surface area (Å²) in [4.78, 5) is 12.6. The fourth-order valence-electron chi connectivity index (χ4n) is 2.83. The number of methoxy groups -OCH3 is 2. The number of nitrogens with one attached hydrogen (secondary N) is 2. The minimum Gasteiger partial charge on any atom is -0.495 e. The van der Waals surface area contributed by atoms with E-state index in [1.54, 1.807) is 13.0 Å². The van der Waals surface area contributed by atoms with E-state index in [-0.39, 0.29) is 28.0 Å². The molecule has 0 spiro atoms. The molecule has 3 rings (SSSR count). The molecule has 2 aromatic rings. The third-order valence-corrected chi connectivity index (χ3v) is 6.18. The number of hydrogen-bond donors (Lipinski definition) is 2. The maximum atomic E-state index is 13.9. The van der Waals surface area contributed by atoms with Gasteiger partial charge in [0.2, 0.25) is 10.0 Å². The molecule has 1 aliphatic carbocycles. The summed E-state index contributed by atoms with van der Waals surface area (Å²) in [5.74, 6) is -0.755. The molecule has 29 heavy (non-hydrogen) atoms. The van der Waals surface area contributed by atoms with Crippen LogP contribution in [0.25, 0.3) is 0 Å². The second kappa shape index (κ2) is 8.38. The van der Waals surface area contributed by atoms with Gasteiger partial charge in [-0.1, -0.05) is 6.07 Å². The quantitative estimate of drug-likeness (QED) is 0.682. The first-order chi connectivity index (χ1) is 13.7. The predicted octanol–water partition coefficient (Wildman–Crippen LogP) is 2.77. The van der Waals surface area contributed by atoms with E-state index in [9.17, 15) is 17.6 Å². The Morgan fingerprint density at radius 1 is 1.10 bits per heavy atom. The minimum atomic E-state index is -3.81. The fourth-order valence-corrected chi connectivity index (χ4v) is 4.33. The Kier molecular flexibility index (Phi) is 6.09. The molecule has 7 nitrogen and oxygen atoms in total. The van der Waals surface area contributed by atoms with Gasteiger partial charge < -0.3 is 14.8 Å². The molecule has 1 saturated carbocycles. The van der Waals surface area contributed by atoms with E-state index in [0.29, 0.717) is 5.56 Å². The fraction of sp³-hybridized carbons (Fsp3) is 0.350. The van der Waals surface area contributed by atoms with E-state index in [1.807, 2.05) is 0 Å². The van der Waals surface area contributed by atoms with Gasteiger partial charge in [-0.05, 0) is 55.7 Å². The van der Waals surface area contributed by atoms with Crippen molar-refractivity contribution >= 4 is 15.9 Å². The van der Waals surface area contributed by atoms with E-state index in [4.69, 9.17) is 9.47 Å². The number of carbonyl (C=O) groups excluding carboxylic acids is 1. The van der Waals surface area contributed by atoms with Crippen LogP contribution in [0.1, 0.15) is 41.7 Å². The van der Waals surface area contributed by atoms with Gasteiger partial charge in [0.1, 0.15) is 10.6 Å². The first-order valence-electron chi connectivity index (χ1n) is 9.10. The van der Waals surface area contributed by atoms with Crippen LogP contribution in [-0.2, 0) is 10.0 Å². The molecule has 0 radical (unpaired) electrons. The van der Waals surface area contributed by atoms with Crippen LogP contribution in [-0.4, -0.2) is 34.6 Å². The van der Waals surface area contributed by atoms with Gasteiger partial charge in [0.15, 0.2) is 11.6 Å². The van der Waals surface area contributed by atoms with Crippen LogP contribution in [0.5, 0.6) is 11.5 Å². The van der Waals surface area contributed by atoms with Gasteiger partial charge in [-0.25, -0.2) is 17.5 Å². The monoisotopic (exact) mass is 422 g/mol. The van der Waals surface area contributed by atoms with E-state index >= 15 is 0 Å². The largest absolute Gasteiger partial charge is 0.495 e. The molecule has 156 valence electrons. The van der Waals surface area contributed by atoms with Crippen LogP contribution in [0.15, 0.2) is 41.3 Å². The van der Waals surface area contributed by atoms with Crippen molar-refractivity contribution in [3.8, 4) is 11.5 Å². The molecule has 0 heterocycles. The lowest BCUT2D eigenvalue weighted by atomic mass is 10.1. The molecule has 0 unspecified atom stereocenters. The minimum absolute atomic E-state index is 0.0767. The second-order valence-corrected chi connectivity index (χ2v) is 8.53. The van der Waals surface area contributed by atoms with Gasteiger partial charge in [-0.3, -0.25) is 4.79 Å². The van der Waals surface area contributed by atoms with Crippen molar-refractivity contribution in [2.45, 2.75) is 36.7 Å².